The molecule has 0 amide bonds. The maximum absolute atomic E-state index is 9.86. The van der Waals surface area contributed by atoms with Crippen LogP contribution >= 0.6 is 23.4 Å². The minimum Gasteiger partial charge on any atom is -0.387 e. The summed E-state index contributed by atoms with van der Waals surface area (Å²) in [6, 6.07) is 10.8. The summed E-state index contributed by atoms with van der Waals surface area (Å²) in [5.74, 6) is 2.59. The zero-order valence-electron chi connectivity index (χ0n) is 14.6. The Morgan fingerprint density at radius 3 is 2.96 bits per heavy atom. The first-order chi connectivity index (χ1) is 12.7. The van der Waals surface area contributed by atoms with Gasteiger partial charge in [-0.15, -0.1) is 23.4 Å². The monoisotopic (exact) mass is 381 g/mol. The third-order valence-corrected chi connectivity index (χ3v) is 7.06. The minimum absolute atomic E-state index is 0.197. The summed E-state index contributed by atoms with van der Waals surface area (Å²) in [5, 5.41) is 22.8. The lowest BCUT2D eigenvalue weighted by Gasteiger charge is -2.28. The van der Waals surface area contributed by atoms with Gasteiger partial charge >= 0.3 is 0 Å². The molecule has 2 aliphatic carbocycles. The fourth-order valence-electron chi connectivity index (χ4n) is 4.57. The van der Waals surface area contributed by atoms with E-state index in [1.54, 1.807) is 11.8 Å². The van der Waals surface area contributed by atoms with Crippen molar-refractivity contribution in [3.8, 4) is 12.1 Å². The van der Waals surface area contributed by atoms with Crippen LogP contribution in [0.2, 0.25) is 0 Å². The number of halogens is 1. The lowest BCUT2D eigenvalue weighted by Crippen LogP contribution is -2.26. The van der Waals surface area contributed by atoms with Crippen molar-refractivity contribution in [3.63, 3.8) is 0 Å². The summed E-state index contributed by atoms with van der Waals surface area (Å²) in [5.41, 5.74) is 3.33. The molecule has 5 heteroatoms. The summed E-state index contributed by atoms with van der Waals surface area (Å²) < 4.78 is 0. The molecule has 1 heterocycles. The summed E-state index contributed by atoms with van der Waals surface area (Å²) in [6.07, 6.45) is 6.01. The Morgan fingerprint density at radius 2 is 2.23 bits per heavy atom. The second kappa shape index (κ2) is 7.03. The lowest BCUT2D eigenvalue weighted by molar-refractivity contribution is 0.382. The molecule has 3 nitrogen and oxygen atoms in total. The zero-order chi connectivity index (χ0) is 18.3. The molecule has 26 heavy (non-hydrogen) atoms. The Balaban J connectivity index is 1.71. The maximum Gasteiger partial charge on any atom is 0.0995 e. The zero-order valence-corrected chi connectivity index (χ0v) is 16.1. The standard InChI is InChI=1S/C21H20ClN3S/c1-2-26-19-4-3-12(9-23)5-13(19)6-14(10-24)18-11-25-21-17-8-15(22)7-16(18)20(17)21/h3-6,11,15-17,20-21,25H,2,7-8H2,1H3/b14-6+. The minimum atomic E-state index is 0.197. The number of allylic oxidation sites excluding steroid dienone is 2. The molecular formula is C21H20ClN3S. The average molecular weight is 382 g/mol. The van der Waals surface area contributed by atoms with Gasteiger partial charge in [-0.3, -0.25) is 0 Å². The van der Waals surface area contributed by atoms with E-state index in [0.717, 1.165) is 34.6 Å². The van der Waals surface area contributed by atoms with Gasteiger partial charge in [0.25, 0.3) is 0 Å². The molecule has 0 saturated heterocycles. The molecule has 4 rings (SSSR count). The Labute approximate surface area is 163 Å². The van der Waals surface area contributed by atoms with Gasteiger partial charge in [0.2, 0.25) is 0 Å². The number of benzene rings is 1. The van der Waals surface area contributed by atoms with Gasteiger partial charge in [-0.2, -0.15) is 10.5 Å². The van der Waals surface area contributed by atoms with E-state index < -0.39 is 0 Å². The Morgan fingerprint density at radius 1 is 1.38 bits per heavy atom. The molecule has 3 aliphatic rings. The Bertz CT molecular complexity index is 876. The number of nitrogens with one attached hydrogen (secondary N) is 1. The highest BCUT2D eigenvalue weighted by Gasteiger charge is 2.59. The van der Waals surface area contributed by atoms with Crippen molar-refractivity contribution in [2.45, 2.75) is 36.1 Å². The third kappa shape index (κ3) is 3.02. The second-order valence-corrected chi connectivity index (χ2v) is 9.10. The van der Waals surface area contributed by atoms with Gasteiger partial charge in [-0.25, -0.2) is 0 Å². The van der Waals surface area contributed by atoms with Crippen LogP contribution in [0.25, 0.3) is 6.08 Å². The van der Waals surface area contributed by atoms with Crippen molar-refractivity contribution in [2.75, 3.05) is 5.75 Å². The van der Waals surface area contributed by atoms with Crippen molar-refractivity contribution in [1.29, 1.82) is 10.5 Å². The molecule has 0 bridgehead atoms. The van der Waals surface area contributed by atoms with E-state index in [-0.39, 0.29) is 5.38 Å². The van der Waals surface area contributed by atoms with Crippen LogP contribution in [-0.4, -0.2) is 17.2 Å². The number of fused-ring (bicyclic) bond motifs is 1. The molecule has 0 aromatic heterocycles. The van der Waals surface area contributed by atoms with E-state index in [0.29, 0.717) is 34.9 Å². The van der Waals surface area contributed by atoms with Gasteiger partial charge in [0, 0.05) is 22.5 Å². The van der Waals surface area contributed by atoms with Crippen LogP contribution in [0, 0.1) is 40.4 Å². The van der Waals surface area contributed by atoms with Crippen molar-refractivity contribution < 1.29 is 0 Å². The van der Waals surface area contributed by atoms with Crippen LogP contribution in [0.3, 0.4) is 0 Å². The van der Waals surface area contributed by atoms with Crippen molar-refractivity contribution >= 4 is 29.4 Å². The molecule has 2 fully saturated rings. The van der Waals surface area contributed by atoms with Gasteiger partial charge in [0.15, 0.2) is 0 Å². The molecule has 1 aromatic carbocycles. The first-order valence-electron chi connectivity index (χ1n) is 9.05. The van der Waals surface area contributed by atoms with Gasteiger partial charge < -0.3 is 5.32 Å². The van der Waals surface area contributed by atoms with E-state index in [1.165, 1.54) is 0 Å². The van der Waals surface area contributed by atoms with E-state index in [1.807, 2.05) is 30.5 Å². The number of alkyl halides is 1. The van der Waals surface area contributed by atoms with Gasteiger partial charge in [-0.05, 0) is 71.8 Å². The van der Waals surface area contributed by atoms with Crippen molar-refractivity contribution in [2.24, 2.45) is 17.8 Å². The normalized spacial score (nSPS) is 31.8. The van der Waals surface area contributed by atoms with Gasteiger partial charge in [-0.1, -0.05) is 6.92 Å². The molecule has 0 radical (unpaired) electrons. The molecule has 0 spiro atoms. The average Bonchev–Trinajstić information content (AvgIpc) is 3.35. The Kier molecular flexibility index (Phi) is 4.74. The summed E-state index contributed by atoms with van der Waals surface area (Å²) in [6.45, 7) is 2.10. The molecule has 1 aromatic rings. The van der Waals surface area contributed by atoms with E-state index in [9.17, 15) is 10.5 Å². The molecule has 5 unspecified atom stereocenters. The van der Waals surface area contributed by atoms with Gasteiger partial charge in [0.1, 0.15) is 0 Å². The number of nitrogens with zero attached hydrogens (tertiary/aromatic N) is 2. The first kappa shape index (κ1) is 17.5. The highest BCUT2D eigenvalue weighted by atomic mass is 35.5. The first-order valence-corrected chi connectivity index (χ1v) is 10.5. The number of hydrogen-bond donors (Lipinski definition) is 1. The second-order valence-electron chi connectivity index (χ2n) is 7.18. The lowest BCUT2D eigenvalue weighted by atomic mass is 9.79. The molecular weight excluding hydrogens is 362 g/mol. The van der Waals surface area contributed by atoms with E-state index >= 15 is 0 Å². The van der Waals surface area contributed by atoms with Crippen LogP contribution in [-0.2, 0) is 0 Å². The van der Waals surface area contributed by atoms with Gasteiger partial charge in [0.05, 0.1) is 23.3 Å². The smallest absolute Gasteiger partial charge is 0.0995 e. The van der Waals surface area contributed by atoms with Crippen LogP contribution in [0.1, 0.15) is 30.9 Å². The fraction of sp³-hybridized carbons (Fsp3) is 0.429. The van der Waals surface area contributed by atoms with Crippen LogP contribution in [0.4, 0.5) is 0 Å². The molecule has 2 saturated carbocycles. The molecule has 1 N–H and O–H groups in total. The third-order valence-electron chi connectivity index (χ3n) is 5.73. The summed E-state index contributed by atoms with van der Waals surface area (Å²) in [4.78, 5) is 1.10. The SMILES string of the molecule is CCSc1ccc(C#N)cc1/C=C(\C#N)C1=CNC2C3CC(Cl)CC1C32. The number of thioether (sulfide) groups is 1. The highest BCUT2D eigenvalue weighted by Crippen LogP contribution is 2.58. The number of rotatable bonds is 4. The van der Waals surface area contributed by atoms with Crippen LogP contribution in [0.5, 0.6) is 0 Å². The summed E-state index contributed by atoms with van der Waals surface area (Å²) in [7, 11) is 0. The maximum atomic E-state index is 9.86. The van der Waals surface area contributed by atoms with Crippen molar-refractivity contribution in [1.82, 2.24) is 5.32 Å². The van der Waals surface area contributed by atoms with Crippen LogP contribution in [0.15, 0.2) is 40.4 Å². The predicted molar refractivity (Wildman–Crippen MR) is 105 cm³/mol. The van der Waals surface area contributed by atoms with E-state index in [4.69, 9.17) is 11.6 Å². The molecule has 132 valence electrons. The predicted octanol–water partition coefficient (Wildman–Crippen LogP) is 4.70. The molecule has 5 atom stereocenters. The van der Waals surface area contributed by atoms with Crippen molar-refractivity contribution in [3.05, 3.63) is 46.7 Å². The summed E-state index contributed by atoms with van der Waals surface area (Å²) >= 11 is 8.22. The number of hydrogen-bond acceptors (Lipinski definition) is 4. The Hall–Kier alpha value is -1.88. The fourth-order valence-corrected chi connectivity index (χ4v) is 5.73. The quantitative estimate of drug-likeness (QED) is 0.466. The van der Waals surface area contributed by atoms with Crippen LogP contribution < -0.4 is 5.32 Å². The highest BCUT2D eigenvalue weighted by molar-refractivity contribution is 7.99. The molecule has 1 aliphatic heterocycles. The number of nitriles is 2. The largest absolute Gasteiger partial charge is 0.387 e. The van der Waals surface area contributed by atoms with E-state index in [2.05, 4.69) is 24.4 Å². The topological polar surface area (TPSA) is 59.6 Å².